The molecule has 2 heterocycles. The predicted octanol–water partition coefficient (Wildman–Crippen LogP) is 3.35. The molecule has 0 saturated carbocycles. The molecule has 0 spiro atoms. The van der Waals surface area contributed by atoms with E-state index in [4.69, 9.17) is 0 Å². The van der Waals surface area contributed by atoms with Crippen LogP contribution in [-0.4, -0.2) is 36.1 Å². The summed E-state index contributed by atoms with van der Waals surface area (Å²) in [5.74, 6) is 0.835. The molecule has 0 unspecified atom stereocenters. The molecule has 2 aromatic heterocycles. The minimum absolute atomic E-state index is 0. The van der Waals surface area contributed by atoms with E-state index in [0.29, 0.717) is 0 Å². The van der Waals surface area contributed by atoms with Crippen LogP contribution in [0, 0.1) is 13.8 Å². The second kappa shape index (κ2) is 11.0. The van der Waals surface area contributed by atoms with E-state index in [9.17, 15) is 0 Å². The van der Waals surface area contributed by atoms with Gasteiger partial charge in [-0.3, -0.25) is 4.99 Å². The minimum Gasteiger partial charge on any atom is -0.356 e. The number of guanidine groups is 1. The fourth-order valence-electron chi connectivity index (χ4n) is 2.07. The summed E-state index contributed by atoms with van der Waals surface area (Å²) in [7, 11) is 1.80. The quantitative estimate of drug-likeness (QED) is 0.363. The van der Waals surface area contributed by atoms with Crippen LogP contribution in [0.4, 0.5) is 0 Å². The first-order chi connectivity index (χ1) is 11.1. The molecule has 0 fully saturated rings. The molecule has 5 nitrogen and oxygen atoms in total. The van der Waals surface area contributed by atoms with E-state index in [2.05, 4.69) is 46.4 Å². The van der Waals surface area contributed by atoms with Crippen LogP contribution in [0.15, 0.2) is 11.2 Å². The van der Waals surface area contributed by atoms with E-state index in [-0.39, 0.29) is 24.0 Å². The number of hydrogen-bond acceptors (Lipinski definition) is 5. The molecule has 8 heteroatoms. The summed E-state index contributed by atoms with van der Waals surface area (Å²) in [6.45, 7) is 8.01. The van der Waals surface area contributed by atoms with E-state index >= 15 is 0 Å². The first-order valence-corrected chi connectivity index (χ1v) is 9.56. The zero-order valence-electron chi connectivity index (χ0n) is 14.7. The number of aryl methyl sites for hydroxylation is 3. The van der Waals surface area contributed by atoms with Gasteiger partial charge in [0.25, 0.3) is 0 Å². The fraction of sp³-hybridized carbons (Fsp3) is 0.562. The Morgan fingerprint density at radius 3 is 2.29 bits per heavy atom. The summed E-state index contributed by atoms with van der Waals surface area (Å²) in [6, 6.07) is 0. The Morgan fingerprint density at radius 2 is 1.79 bits per heavy atom. The largest absolute Gasteiger partial charge is 0.356 e. The summed E-state index contributed by atoms with van der Waals surface area (Å²) in [5.41, 5.74) is 1.14. The van der Waals surface area contributed by atoms with Crippen molar-refractivity contribution in [3.05, 3.63) is 31.7 Å². The third-order valence-corrected chi connectivity index (χ3v) is 5.84. The first kappa shape index (κ1) is 21.3. The van der Waals surface area contributed by atoms with Gasteiger partial charge in [-0.05, 0) is 20.3 Å². The predicted molar refractivity (Wildman–Crippen MR) is 115 cm³/mol. The molecule has 2 rings (SSSR count). The molecule has 0 aliphatic heterocycles. The monoisotopic (exact) mass is 479 g/mol. The maximum Gasteiger partial charge on any atom is 0.191 e. The standard InChI is InChI=1S/C16H25N5S2.HI/c1-5-13-10-20-14(23-13)6-8-18-16(17-4)19-9-7-15-21-11(2)12(3)22-15;/h10H,5-9H2,1-4H3,(H2,17,18,19);1H. The molecule has 0 aliphatic rings. The number of hydrogen-bond donors (Lipinski definition) is 2. The van der Waals surface area contributed by atoms with Crippen LogP contribution < -0.4 is 10.6 Å². The first-order valence-electron chi connectivity index (χ1n) is 7.93. The second-order valence-corrected chi connectivity index (χ2v) is 7.74. The lowest BCUT2D eigenvalue weighted by atomic mass is 10.4. The van der Waals surface area contributed by atoms with E-state index in [1.165, 1.54) is 19.8 Å². The van der Waals surface area contributed by atoms with Crippen molar-refractivity contribution in [2.24, 2.45) is 4.99 Å². The van der Waals surface area contributed by atoms with E-state index in [0.717, 1.165) is 44.0 Å². The number of thiazole rings is 2. The van der Waals surface area contributed by atoms with Crippen molar-refractivity contribution in [3.8, 4) is 0 Å². The molecule has 0 aromatic carbocycles. The van der Waals surface area contributed by atoms with Gasteiger partial charge >= 0.3 is 0 Å². The molecule has 0 aliphatic carbocycles. The normalized spacial score (nSPS) is 11.2. The fourth-order valence-corrected chi connectivity index (χ4v) is 3.86. The highest BCUT2D eigenvalue weighted by atomic mass is 127. The topological polar surface area (TPSA) is 62.2 Å². The highest BCUT2D eigenvalue weighted by molar-refractivity contribution is 14.0. The molecule has 0 atom stereocenters. The lowest BCUT2D eigenvalue weighted by Crippen LogP contribution is -2.39. The van der Waals surface area contributed by atoms with Crippen LogP contribution in [0.3, 0.4) is 0 Å². The highest BCUT2D eigenvalue weighted by Crippen LogP contribution is 2.16. The maximum atomic E-state index is 4.56. The minimum atomic E-state index is 0. The highest BCUT2D eigenvalue weighted by Gasteiger charge is 2.05. The number of halogens is 1. The zero-order valence-corrected chi connectivity index (χ0v) is 18.6. The van der Waals surface area contributed by atoms with Gasteiger partial charge in [0.05, 0.1) is 15.7 Å². The van der Waals surface area contributed by atoms with Crippen LogP contribution in [-0.2, 0) is 19.3 Å². The Balaban J connectivity index is 0.00000288. The van der Waals surface area contributed by atoms with Gasteiger partial charge in [-0.1, -0.05) is 6.92 Å². The van der Waals surface area contributed by atoms with Crippen molar-refractivity contribution in [3.63, 3.8) is 0 Å². The van der Waals surface area contributed by atoms with E-state index < -0.39 is 0 Å². The molecule has 0 saturated heterocycles. The number of aliphatic imine (C=N–C) groups is 1. The Morgan fingerprint density at radius 1 is 1.12 bits per heavy atom. The third kappa shape index (κ3) is 6.64. The van der Waals surface area contributed by atoms with Gasteiger partial charge in [0.15, 0.2) is 5.96 Å². The summed E-state index contributed by atoms with van der Waals surface area (Å²) in [4.78, 5) is 15.9. The van der Waals surface area contributed by atoms with Crippen molar-refractivity contribution >= 4 is 52.6 Å². The maximum absolute atomic E-state index is 4.56. The summed E-state index contributed by atoms with van der Waals surface area (Å²) < 4.78 is 0. The summed E-state index contributed by atoms with van der Waals surface area (Å²) in [6.07, 6.45) is 4.89. The van der Waals surface area contributed by atoms with Gasteiger partial charge in [-0.25, -0.2) is 9.97 Å². The number of rotatable bonds is 7. The molecule has 134 valence electrons. The Labute approximate surface area is 169 Å². The van der Waals surface area contributed by atoms with Crippen molar-refractivity contribution < 1.29 is 0 Å². The number of nitrogens with zero attached hydrogens (tertiary/aromatic N) is 3. The van der Waals surface area contributed by atoms with Crippen molar-refractivity contribution in [2.45, 2.75) is 40.0 Å². The molecular weight excluding hydrogens is 453 g/mol. The Bertz CT molecular complexity index is 631. The zero-order chi connectivity index (χ0) is 16.7. The SMILES string of the molecule is CCc1cnc(CCNC(=NC)NCCc2nc(C)c(C)s2)s1.I. The second-order valence-electron chi connectivity index (χ2n) is 5.25. The van der Waals surface area contributed by atoms with Crippen LogP contribution >= 0.6 is 46.7 Å². The van der Waals surface area contributed by atoms with Crippen LogP contribution in [0.5, 0.6) is 0 Å². The van der Waals surface area contributed by atoms with Gasteiger partial charge in [0.1, 0.15) is 0 Å². The molecule has 2 aromatic rings. The Hall–Kier alpha value is -0.740. The van der Waals surface area contributed by atoms with Crippen LogP contribution in [0.25, 0.3) is 0 Å². The summed E-state index contributed by atoms with van der Waals surface area (Å²) in [5, 5.41) is 9.03. The molecule has 0 radical (unpaired) electrons. The van der Waals surface area contributed by atoms with Crippen LogP contribution in [0.2, 0.25) is 0 Å². The lowest BCUT2D eigenvalue weighted by Gasteiger charge is -2.10. The van der Waals surface area contributed by atoms with Crippen molar-refractivity contribution in [2.75, 3.05) is 20.1 Å². The Kier molecular flexibility index (Phi) is 9.75. The number of aromatic nitrogens is 2. The van der Waals surface area contributed by atoms with Gasteiger partial charge in [0.2, 0.25) is 0 Å². The van der Waals surface area contributed by atoms with Gasteiger partial charge in [-0.2, -0.15) is 0 Å². The average molecular weight is 479 g/mol. The molecule has 0 amide bonds. The van der Waals surface area contributed by atoms with E-state index in [1.807, 2.05) is 6.20 Å². The van der Waals surface area contributed by atoms with Gasteiger partial charge < -0.3 is 10.6 Å². The molecule has 2 N–H and O–H groups in total. The molecule has 24 heavy (non-hydrogen) atoms. The smallest absolute Gasteiger partial charge is 0.191 e. The van der Waals surface area contributed by atoms with Crippen molar-refractivity contribution in [1.29, 1.82) is 0 Å². The molecular formula is C16H26IN5S2. The van der Waals surface area contributed by atoms with Gasteiger partial charge in [-0.15, -0.1) is 46.7 Å². The molecule has 0 bridgehead atoms. The lowest BCUT2D eigenvalue weighted by molar-refractivity contribution is 0.779. The average Bonchev–Trinajstić information content (AvgIpc) is 3.12. The number of nitrogens with one attached hydrogen (secondary N) is 2. The van der Waals surface area contributed by atoms with Crippen molar-refractivity contribution in [1.82, 2.24) is 20.6 Å². The van der Waals surface area contributed by atoms with Gasteiger partial charge in [0, 0.05) is 48.9 Å². The van der Waals surface area contributed by atoms with Crippen LogP contribution in [0.1, 0.15) is 32.4 Å². The third-order valence-electron chi connectivity index (χ3n) is 3.51. The summed E-state index contributed by atoms with van der Waals surface area (Å²) >= 11 is 3.57. The van der Waals surface area contributed by atoms with E-state index in [1.54, 1.807) is 29.7 Å².